The van der Waals surface area contributed by atoms with Crippen molar-refractivity contribution in [1.29, 1.82) is 0 Å². The summed E-state index contributed by atoms with van der Waals surface area (Å²) >= 11 is 0. The zero-order chi connectivity index (χ0) is 8.27. The van der Waals surface area contributed by atoms with Crippen molar-refractivity contribution < 1.29 is 0 Å². The second kappa shape index (κ2) is 3.39. The lowest BCUT2D eigenvalue weighted by atomic mass is 10.1. The van der Waals surface area contributed by atoms with Crippen LogP contribution in [0.15, 0.2) is 18.2 Å². The van der Waals surface area contributed by atoms with Gasteiger partial charge >= 0.3 is 0 Å². The van der Waals surface area contributed by atoms with Gasteiger partial charge in [0.2, 0.25) is 0 Å². The molecule has 2 nitrogen and oxygen atoms in total. The third-order valence-electron chi connectivity index (χ3n) is 1.71. The van der Waals surface area contributed by atoms with Gasteiger partial charge in [0.15, 0.2) is 0 Å². The first-order valence-corrected chi connectivity index (χ1v) is 3.83. The van der Waals surface area contributed by atoms with Gasteiger partial charge in [-0.05, 0) is 36.6 Å². The number of hydrogen-bond acceptors (Lipinski definition) is 2. The summed E-state index contributed by atoms with van der Waals surface area (Å²) in [6, 6.07) is 6.26. The van der Waals surface area contributed by atoms with Crippen LogP contribution >= 0.6 is 0 Å². The van der Waals surface area contributed by atoms with E-state index in [4.69, 9.17) is 5.84 Å². The molecule has 0 unspecified atom stereocenters. The van der Waals surface area contributed by atoms with E-state index in [0.717, 1.165) is 12.1 Å². The largest absolute Gasteiger partial charge is 0.324 e. The predicted molar refractivity (Wildman–Crippen MR) is 48.4 cm³/mol. The monoisotopic (exact) mass is 150 g/mol. The number of hydrazine groups is 1. The zero-order valence-electron chi connectivity index (χ0n) is 7.02. The van der Waals surface area contributed by atoms with Crippen molar-refractivity contribution in [3.63, 3.8) is 0 Å². The van der Waals surface area contributed by atoms with E-state index in [0.29, 0.717) is 0 Å². The summed E-state index contributed by atoms with van der Waals surface area (Å²) in [6.07, 6.45) is 1.05. The van der Waals surface area contributed by atoms with E-state index in [1.54, 1.807) is 0 Å². The predicted octanol–water partition coefficient (Wildman–Crippen LogP) is 1.84. The Morgan fingerprint density at radius 2 is 2.09 bits per heavy atom. The van der Waals surface area contributed by atoms with E-state index >= 15 is 0 Å². The lowest BCUT2D eigenvalue weighted by Crippen LogP contribution is -2.07. The van der Waals surface area contributed by atoms with E-state index in [9.17, 15) is 0 Å². The summed E-state index contributed by atoms with van der Waals surface area (Å²) in [5, 5.41) is 0. The summed E-state index contributed by atoms with van der Waals surface area (Å²) in [5.74, 6) is 5.29. The van der Waals surface area contributed by atoms with Crippen LogP contribution in [0.5, 0.6) is 0 Å². The van der Waals surface area contributed by atoms with E-state index in [1.165, 1.54) is 11.1 Å². The van der Waals surface area contributed by atoms with Crippen LogP contribution in [0.3, 0.4) is 0 Å². The smallest absolute Gasteiger partial charge is 0.0490 e. The fraction of sp³-hybridized carbons (Fsp3) is 0.333. The lowest BCUT2D eigenvalue weighted by molar-refractivity contribution is 1.13. The van der Waals surface area contributed by atoms with Gasteiger partial charge in [0.1, 0.15) is 0 Å². The molecule has 1 rings (SSSR count). The molecular weight excluding hydrogens is 136 g/mol. The highest BCUT2D eigenvalue weighted by Gasteiger charge is 1.93. The average Bonchev–Trinajstić information content (AvgIpc) is 2.03. The lowest BCUT2D eigenvalue weighted by Gasteiger charge is -2.04. The second-order valence-electron chi connectivity index (χ2n) is 2.71. The van der Waals surface area contributed by atoms with Gasteiger partial charge in [-0.2, -0.15) is 0 Å². The molecule has 0 heterocycles. The topological polar surface area (TPSA) is 38.0 Å². The summed E-state index contributed by atoms with van der Waals surface area (Å²) in [5.41, 5.74) is 6.20. The van der Waals surface area contributed by atoms with Crippen LogP contribution in [0.1, 0.15) is 18.1 Å². The maximum atomic E-state index is 5.29. The zero-order valence-corrected chi connectivity index (χ0v) is 7.02. The Labute approximate surface area is 67.4 Å². The molecule has 0 fully saturated rings. The molecule has 0 bridgehead atoms. The van der Waals surface area contributed by atoms with Crippen molar-refractivity contribution >= 4 is 5.69 Å². The standard InChI is InChI=1S/C9H14N2/c1-3-8-4-7(2)5-9(6-8)11-10/h4-6,11H,3,10H2,1-2H3. The van der Waals surface area contributed by atoms with Gasteiger partial charge in [-0.15, -0.1) is 0 Å². The highest BCUT2D eigenvalue weighted by atomic mass is 15.2. The van der Waals surface area contributed by atoms with Crippen molar-refractivity contribution in [1.82, 2.24) is 0 Å². The second-order valence-corrected chi connectivity index (χ2v) is 2.71. The Hall–Kier alpha value is -1.02. The minimum atomic E-state index is 0.988. The summed E-state index contributed by atoms with van der Waals surface area (Å²) in [6.45, 7) is 4.20. The number of nitrogens with one attached hydrogen (secondary N) is 1. The third kappa shape index (κ3) is 1.95. The van der Waals surface area contributed by atoms with Gasteiger partial charge in [-0.1, -0.05) is 13.0 Å². The van der Waals surface area contributed by atoms with Crippen LogP contribution in [0.4, 0.5) is 5.69 Å². The number of anilines is 1. The first-order chi connectivity index (χ1) is 5.26. The Morgan fingerprint density at radius 3 is 2.64 bits per heavy atom. The maximum Gasteiger partial charge on any atom is 0.0490 e. The molecule has 0 saturated carbocycles. The van der Waals surface area contributed by atoms with Crippen LogP contribution in [0, 0.1) is 6.92 Å². The van der Waals surface area contributed by atoms with Crippen LogP contribution in [-0.4, -0.2) is 0 Å². The molecule has 60 valence electrons. The van der Waals surface area contributed by atoms with Crippen LogP contribution in [-0.2, 0) is 6.42 Å². The Kier molecular flexibility index (Phi) is 2.49. The van der Waals surface area contributed by atoms with Crippen LogP contribution in [0.25, 0.3) is 0 Å². The molecular formula is C9H14N2. The van der Waals surface area contributed by atoms with Crippen molar-refractivity contribution in [3.8, 4) is 0 Å². The van der Waals surface area contributed by atoms with Gasteiger partial charge in [-0.3, -0.25) is 5.84 Å². The molecule has 0 aliphatic heterocycles. The van der Waals surface area contributed by atoms with E-state index in [-0.39, 0.29) is 0 Å². The number of nitrogen functional groups attached to an aromatic ring is 1. The molecule has 0 amide bonds. The normalized spacial score (nSPS) is 9.73. The molecule has 0 atom stereocenters. The fourth-order valence-electron chi connectivity index (χ4n) is 1.15. The molecule has 0 radical (unpaired) electrons. The highest BCUT2D eigenvalue weighted by molar-refractivity contribution is 5.47. The van der Waals surface area contributed by atoms with Gasteiger partial charge in [0, 0.05) is 5.69 Å². The van der Waals surface area contributed by atoms with Gasteiger partial charge in [0.05, 0.1) is 0 Å². The summed E-state index contributed by atoms with van der Waals surface area (Å²) < 4.78 is 0. The highest BCUT2D eigenvalue weighted by Crippen LogP contribution is 2.13. The van der Waals surface area contributed by atoms with E-state index in [1.807, 2.05) is 6.07 Å². The van der Waals surface area contributed by atoms with Crippen LogP contribution < -0.4 is 11.3 Å². The van der Waals surface area contributed by atoms with Crippen molar-refractivity contribution in [3.05, 3.63) is 29.3 Å². The number of nitrogens with two attached hydrogens (primary N) is 1. The molecule has 0 spiro atoms. The van der Waals surface area contributed by atoms with Crippen molar-refractivity contribution in [2.24, 2.45) is 5.84 Å². The minimum absolute atomic E-state index is 0.988. The quantitative estimate of drug-likeness (QED) is 0.498. The molecule has 2 heteroatoms. The SMILES string of the molecule is CCc1cc(C)cc(NN)c1. The first-order valence-electron chi connectivity index (χ1n) is 3.83. The number of hydrogen-bond donors (Lipinski definition) is 2. The third-order valence-corrected chi connectivity index (χ3v) is 1.71. The fourth-order valence-corrected chi connectivity index (χ4v) is 1.15. The van der Waals surface area contributed by atoms with E-state index in [2.05, 4.69) is 31.4 Å². The molecule has 0 saturated heterocycles. The van der Waals surface area contributed by atoms with Crippen molar-refractivity contribution in [2.75, 3.05) is 5.43 Å². The molecule has 11 heavy (non-hydrogen) atoms. The first kappa shape index (κ1) is 8.08. The molecule has 3 N–H and O–H groups in total. The molecule has 0 aliphatic carbocycles. The minimum Gasteiger partial charge on any atom is -0.324 e. The average molecular weight is 150 g/mol. The number of aryl methyl sites for hydroxylation is 2. The van der Waals surface area contributed by atoms with Gasteiger partial charge < -0.3 is 5.43 Å². The maximum absolute atomic E-state index is 5.29. The number of benzene rings is 1. The molecule has 1 aromatic rings. The number of rotatable bonds is 2. The molecule has 0 aromatic heterocycles. The van der Waals surface area contributed by atoms with E-state index < -0.39 is 0 Å². The Bertz CT molecular complexity index is 221. The van der Waals surface area contributed by atoms with Gasteiger partial charge in [0.25, 0.3) is 0 Å². The Balaban J connectivity index is 3.02. The summed E-state index contributed by atoms with van der Waals surface area (Å²) in [4.78, 5) is 0. The Morgan fingerprint density at radius 1 is 1.36 bits per heavy atom. The molecule has 1 aromatic carbocycles. The molecule has 0 aliphatic rings. The van der Waals surface area contributed by atoms with Gasteiger partial charge in [-0.25, -0.2) is 0 Å². The van der Waals surface area contributed by atoms with Crippen molar-refractivity contribution in [2.45, 2.75) is 20.3 Å². The van der Waals surface area contributed by atoms with Crippen LogP contribution in [0.2, 0.25) is 0 Å². The summed E-state index contributed by atoms with van der Waals surface area (Å²) in [7, 11) is 0.